The van der Waals surface area contributed by atoms with Gasteiger partial charge in [0.1, 0.15) is 23.9 Å². The number of benzene rings is 1. The second-order valence-corrected chi connectivity index (χ2v) is 5.94. The molecule has 2 aromatic heterocycles. The van der Waals surface area contributed by atoms with E-state index in [1.54, 1.807) is 18.2 Å². The molecule has 5 heteroatoms. The molecule has 0 atom stereocenters. The number of carbonyl (C=O) groups is 1. The fraction of sp³-hybridized carbons (Fsp3) is 0.200. The van der Waals surface area contributed by atoms with Gasteiger partial charge in [0, 0.05) is 5.69 Å². The Morgan fingerprint density at radius 3 is 2.76 bits per heavy atom. The third-order valence-corrected chi connectivity index (χ3v) is 3.73. The Morgan fingerprint density at radius 1 is 1.12 bits per heavy atom. The maximum absolute atomic E-state index is 12.2. The molecule has 1 aromatic carbocycles. The first kappa shape index (κ1) is 16.8. The van der Waals surface area contributed by atoms with E-state index < -0.39 is 0 Å². The van der Waals surface area contributed by atoms with Crippen LogP contribution in [0.5, 0.6) is 5.75 Å². The quantitative estimate of drug-likeness (QED) is 0.748. The predicted molar refractivity (Wildman–Crippen MR) is 95.9 cm³/mol. The molecule has 1 N–H and O–H groups in total. The smallest absolute Gasteiger partial charge is 0.292 e. The summed E-state index contributed by atoms with van der Waals surface area (Å²) in [6.45, 7) is 6.14. The number of anilines is 1. The summed E-state index contributed by atoms with van der Waals surface area (Å²) < 4.78 is 11.4. The van der Waals surface area contributed by atoms with E-state index in [0.29, 0.717) is 11.6 Å². The van der Waals surface area contributed by atoms with Crippen LogP contribution in [-0.2, 0) is 6.61 Å². The molecule has 3 aromatic rings. The molecule has 0 saturated heterocycles. The molecule has 0 aliphatic rings. The number of furan rings is 1. The lowest BCUT2D eigenvalue weighted by molar-refractivity contribution is 0.0992. The van der Waals surface area contributed by atoms with Gasteiger partial charge >= 0.3 is 0 Å². The number of ether oxygens (including phenoxy) is 1. The monoisotopic (exact) mass is 336 g/mol. The molecule has 0 radical (unpaired) electrons. The molecule has 0 aliphatic heterocycles. The van der Waals surface area contributed by atoms with Gasteiger partial charge in [-0.3, -0.25) is 4.79 Å². The maximum Gasteiger partial charge on any atom is 0.292 e. The van der Waals surface area contributed by atoms with Crippen LogP contribution in [0.1, 0.15) is 33.1 Å². The van der Waals surface area contributed by atoms with Crippen LogP contribution in [0.4, 0.5) is 5.82 Å². The van der Waals surface area contributed by atoms with Gasteiger partial charge in [-0.2, -0.15) is 0 Å². The van der Waals surface area contributed by atoms with E-state index in [2.05, 4.69) is 10.3 Å². The molecule has 0 aliphatic carbocycles. The maximum atomic E-state index is 12.2. The van der Waals surface area contributed by atoms with E-state index >= 15 is 0 Å². The molecule has 0 bridgehead atoms. The second-order valence-electron chi connectivity index (χ2n) is 5.94. The topological polar surface area (TPSA) is 64.4 Å². The zero-order valence-electron chi connectivity index (χ0n) is 14.5. The molecule has 128 valence electrons. The van der Waals surface area contributed by atoms with Gasteiger partial charge in [-0.05, 0) is 62.2 Å². The average Bonchev–Trinajstić information content (AvgIpc) is 3.05. The number of pyridine rings is 1. The molecular formula is C20H20N2O3. The number of nitrogens with zero attached hydrogens (tertiary/aromatic N) is 1. The Bertz CT molecular complexity index is 899. The van der Waals surface area contributed by atoms with Crippen molar-refractivity contribution in [2.45, 2.75) is 27.4 Å². The molecule has 0 unspecified atom stereocenters. The minimum absolute atomic E-state index is 0.225. The SMILES string of the molecule is Cc1ccc(C)c(OCc2ccc(C(=O)Nc3cccc(C)n3)o2)c1. The summed E-state index contributed by atoms with van der Waals surface area (Å²) in [7, 11) is 0. The van der Waals surface area contributed by atoms with Gasteiger partial charge in [-0.1, -0.05) is 18.2 Å². The van der Waals surface area contributed by atoms with Gasteiger partial charge in [0.25, 0.3) is 5.91 Å². The van der Waals surface area contributed by atoms with E-state index in [4.69, 9.17) is 9.15 Å². The molecule has 0 fully saturated rings. The summed E-state index contributed by atoms with van der Waals surface area (Å²) in [6, 6.07) is 14.8. The number of nitrogens with one attached hydrogen (secondary N) is 1. The van der Waals surface area contributed by atoms with Crippen molar-refractivity contribution in [1.29, 1.82) is 0 Å². The van der Waals surface area contributed by atoms with Crippen LogP contribution in [0.15, 0.2) is 52.9 Å². The zero-order valence-corrected chi connectivity index (χ0v) is 14.5. The van der Waals surface area contributed by atoms with Crippen molar-refractivity contribution in [3.63, 3.8) is 0 Å². The van der Waals surface area contributed by atoms with Gasteiger partial charge in [-0.15, -0.1) is 0 Å². The zero-order chi connectivity index (χ0) is 17.8. The van der Waals surface area contributed by atoms with E-state index in [1.165, 1.54) is 0 Å². The summed E-state index contributed by atoms with van der Waals surface area (Å²) in [5, 5.41) is 2.72. The number of amides is 1. The van der Waals surface area contributed by atoms with E-state index in [9.17, 15) is 4.79 Å². The molecule has 0 saturated carbocycles. The highest BCUT2D eigenvalue weighted by atomic mass is 16.5. The molecule has 0 spiro atoms. The minimum atomic E-state index is -0.337. The normalized spacial score (nSPS) is 10.5. The summed E-state index contributed by atoms with van der Waals surface area (Å²) >= 11 is 0. The van der Waals surface area contributed by atoms with Crippen LogP contribution in [0.2, 0.25) is 0 Å². The van der Waals surface area contributed by atoms with Crippen LogP contribution >= 0.6 is 0 Å². The van der Waals surface area contributed by atoms with Gasteiger partial charge < -0.3 is 14.5 Å². The van der Waals surface area contributed by atoms with Crippen LogP contribution < -0.4 is 10.1 Å². The summed E-state index contributed by atoms with van der Waals surface area (Å²) in [4.78, 5) is 16.5. The van der Waals surface area contributed by atoms with E-state index in [0.717, 1.165) is 22.6 Å². The van der Waals surface area contributed by atoms with Crippen LogP contribution in [0.3, 0.4) is 0 Å². The highest BCUT2D eigenvalue weighted by Gasteiger charge is 2.13. The van der Waals surface area contributed by atoms with E-state index in [1.807, 2.05) is 51.1 Å². The van der Waals surface area contributed by atoms with Crippen molar-refractivity contribution in [2.75, 3.05) is 5.32 Å². The number of hydrogen-bond donors (Lipinski definition) is 1. The van der Waals surface area contributed by atoms with Crippen molar-refractivity contribution in [3.8, 4) is 5.75 Å². The van der Waals surface area contributed by atoms with Crippen LogP contribution in [0, 0.1) is 20.8 Å². The molecule has 1 amide bonds. The number of aryl methyl sites for hydroxylation is 3. The lowest BCUT2D eigenvalue weighted by atomic mass is 10.1. The van der Waals surface area contributed by atoms with Crippen molar-refractivity contribution in [3.05, 3.63) is 76.9 Å². The standard InChI is InChI=1S/C20H20N2O3/c1-13-7-8-14(2)18(11-13)24-12-16-9-10-17(25-16)20(23)22-19-6-4-5-15(3)21-19/h4-11H,12H2,1-3H3,(H,21,22,23). The van der Waals surface area contributed by atoms with Gasteiger partial charge in [0.05, 0.1) is 0 Å². The molecule has 2 heterocycles. The molecule has 5 nitrogen and oxygen atoms in total. The summed E-state index contributed by atoms with van der Waals surface area (Å²) in [6.07, 6.45) is 0. The molecular weight excluding hydrogens is 316 g/mol. The molecule has 3 rings (SSSR count). The van der Waals surface area contributed by atoms with Gasteiger partial charge in [0.15, 0.2) is 5.76 Å². The second kappa shape index (κ2) is 7.21. The lowest BCUT2D eigenvalue weighted by Gasteiger charge is -2.08. The minimum Gasteiger partial charge on any atom is -0.485 e. The highest BCUT2D eigenvalue weighted by Crippen LogP contribution is 2.21. The average molecular weight is 336 g/mol. The van der Waals surface area contributed by atoms with Crippen molar-refractivity contribution in [1.82, 2.24) is 4.98 Å². The first-order valence-corrected chi connectivity index (χ1v) is 8.05. The van der Waals surface area contributed by atoms with Crippen molar-refractivity contribution >= 4 is 11.7 Å². The van der Waals surface area contributed by atoms with Crippen molar-refractivity contribution < 1.29 is 13.9 Å². The number of carbonyl (C=O) groups excluding carboxylic acids is 1. The Morgan fingerprint density at radius 2 is 1.96 bits per heavy atom. The summed E-state index contributed by atoms with van der Waals surface area (Å²) in [5.74, 6) is 1.78. The first-order valence-electron chi connectivity index (χ1n) is 8.05. The Labute approximate surface area is 146 Å². The number of rotatable bonds is 5. The largest absolute Gasteiger partial charge is 0.485 e. The van der Waals surface area contributed by atoms with Gasteiger partial charge in [0.2, 0.25) is 0 Å². The van der Waals surface area contributed by atoms with Gasteiger partial charge in [-0.25, -0.2) is 4.98 Å². The predicted octanol–water partition coefficient (Wildman–Crippen LogP) is 4.43. The fourth-order valence-corrected chi connectivity index (χ4v) is 2.38. The third-order valence-electron chi connectivity index (χ3n) is 3.73. The Kier molecular flexibility index (Phi) is 4.84. The molecule has 25 heavy (non-hydrogen) atoms. The highest BCUT2D eigenvalue weighted by molar-refractivity contribution is 6.01. The van der Waals surface area contributed by atoms with E-state index in [-0.39, 0.29) is 18.3 Å². The summed E-state index contributed by atoms with van der Waals surface area (Å²) in [5.41, 5.74) is 3.02. The fourth-order valence-electron chi connectivity index (χ4n) is 2.38. The first-order chi connectivity index (χ1) is 12.0. The van der Waals surface area contributed by atoms with Crippen molar-refractivity contribution in [2.24, 2.45) is 0 Å². The van der Waals surface area contributed by atoms with Crippen LogP contribution in [-0.4, -0.2) is 10.9 Å². The Balaban J connectivity index is 1.63. The third kappa shape index (κ3) is 4.26. The number of aromatic nitrogens is 1. The number of hydrogen-bond acceptors (Lipinski definition) is 4. The Hall–Kier alpha value is -3.08. The lowest BCUT2D eigenvalue weighted by Crippen LogP contribution is -2.12. The van der Waals surface area contributed by atoms with Crippen LogP contribution in [0.25, 0.3) is 0 Å².